The van der Waals surface area contributed by atoms with Crippen LogP contribution in [0.1, 0.15) is 10.4 Å². The van der Waals surface area contributed by atoms with Gasteiger partial charge in [0.2, 0.25) is 0 Å². The Morgan fingerprint density at radius 3 is 2.72 bits per heavy atom. The molecule has 0 spiro atoms. The molecule has 3 rings (SSSR count). The molecular formula is C20H21N3O5S. The lowest BCUT2D eigenvalue weighted by Gasteiger charge is -2.09. The van der Waals surface area contributed by atoms with E-state index in [1.165, 1.54) is 22.2 Å². The first-order valence-electron chi connectivity index (χ1n) is 9.01. The zero-order valence-electron chi connectivity index (χ0n) is 16.1. The highest BCUT2D eigenvalue weighted by Crippen LogP contribution is 2.25. The number of carbonyl (C=O) groups excluding carboxylic acids is 2. The summed E-state index contributed by atoms with van der Waals surface area (Å²) >= 11 is 1.44. The molecule has 9 heteroatoms. The fourth-order valence-corrected chi connectivity index (χ4v) is 3.63. The number of para-hydroxylation sites is 1. The summed E-state index contributed by atoms with van der Waals surface area (Å²) in [6.07, 6.45) is 1.32. The van der Waals surface area contributed by atoms with Gasteiger partial charge in [0.05, 0.1) is 18.3 Å². The number of aryl methyl sites for hydroxylation is 2. The van der Waals surface area contributed by atoms with E-state index in [2.05, 4.69) is 10.3 Å². The third-order valence-corrected chi connectivity index (χ3v) is 5.37. The van der Waals surface area contributed by atoms with Gasteiger partial charge in [0.15, 0.2) is 6.61 Å². The van der Waals surface area contributed by atoms with Gasteiger partial charge < -0.3 is 14.8 Å². The maximum Gasteiger partial charge on any atom is 0.326 e. The molecule has 0 radical (unpaired) electrons. The lowest BCUT2D eigenvalue weighted by Crippen LogP contribution is -2.33. The lowest BCUT2D eigenvalue weighted by molar-refractivity contribution is -0.149. The minimum Gasteiger partial charge on any atom is -0.492 e. The Balaban J connectivity index is 1.44. The predicted octanol–water partition coefficient (Wildman–Crippen LogP) is 1.81. The predicted molar refractivity (Wildman–Crippen MR) is 109 cm³/mol. The van der Waals surface area contributed by atoms with E-state index in [9.17, 15) is 14.4 Å². The summed E-state index contributed by atoms with van der Waals surface area (Å²) in [6.45, 7) is 3.62. The number of aromatic nitrogens is 2. The topological polar surface area (TPSA) is 99.5 Å². The van der Waals surface area contributed by atoms with E-state index in [0.29, 0.717) is 22.6 Å². The highest BCUT2D eigenvalue weighted by atomic mass is 32.1. The highest BCUT2D eigenvalue weighted by molar-refractivity contribution is 7.18. The highest BCUT2D eigenvalue weighted by Gasteiger charge is 2.15. The maximum atomic E-state index is 12.6. The Kier molecular flexibility index (Phi) is 6.61. The van der Waals surface area contributed by atoms with Crippen LogP contribution in [-0.2, 0) is 20.9 Å². The van der Waals surface area contributed by atoms with Gasteiger partial charge in [-0.1, -0.05) is 18.2 Å². The largest absolute Gasteiger partial charge is 0.492 e. The first kappa shape index (κ1) is 20.5. The van der Waals surface area contributed by atoms with E-state index in [4.69, 9.17) is 9.47 Å². The summed E-state index contributed by atoms with van der Waals surface area (Å²) in [6, 6.07) is 9.22. The van der Waals surface area contributed by atoms with Gasteiger partial charge >= 0.3 is 5.97 Å². The normalized spacial score (nSPS) is 10.7. The molecule has 8 nitrogen and oxygen atoms in total. The van der Waals surface area contributed by atoms with Gasteiger partial charge in [0.1, 0.15) is 23.7 Å². The molecule has 0 bridgehead atoms. The summed E-state index contributed by atoms with van der Waals surface area (Å²) in [5.41, 5.74) is 0.568. The molecule has 0 fully saturated rings. The fraction of sp³-hybridized carbons (Fsp3) is 0.300. The summed E-state index contributed by atoms with van der Waals surface area (Å²) in [7, 11) is 0. The first-order valence-corrected chi connectivity index (χ1v) is 9.82. The fourth-order valence-electron chi connectivity index (χ4n) is 2.64. The molecular weight excluding hydrogens is 394 g/mol. The van der Waals surface area contributed by atoms with Crippen molar-refractivity contribution in [2.24, 2.45) is 0 Å². The smallest absolute Gasteiger partial charge is 0.326 e. The Morgan fingerprint density at radius 1 is 1.21 bits per heavy atom. The number of rotatable bonds is 8. The summed E-state index contributed by atoms with van der Waals surface area (Å²) in [5, 5.41) is 3.11. The second-order valence-corrected chi connectivity index (χ2v) is 7.52. The molecule has 29 heavy (non-hydrogen) atoms. The van der Waals surface area contributed by atoms with Crippen LogP contribution in [0.3, 0.4) is 0 Å². The molecule has 0 aliphatic heterocycles. The van der Waals surface area contributed by atoms with Crippen LogP contribution in [0.5, 0.6) is 5.75 Å². The summed E-state index contributed by atoms with van der Waals surface area (Å²) in [5.74, 6) is -0.422. The molecule has 0 atom stereocenters. The molecule has 3 aromatic rings. The van der Waals surface area contributed by atoms with Crippen molar-refractivity contribution in [1.82, 2.24) is 14.9 Å². The van der Waals surface area contributed by atoms with Crippen LogP contribution in [-0.4, -0.2) is 41.2 Å². The van der Waals surface area contributed by atoms with Gasteiger partial charge in [0, 0.05) is 4.88 Å². The molecule has 1 aromatic carbocycles. The number of hydrogen-bond donors (Lipinski definition) is 1. The Hall–Kier alpha value is -3.20. The monoisotopic (exact) mass is 415 g/mol. The van der Waals surface area contributed by atoms with Crippen molar-refractivity contribution < 1.29 is 19.1 Å². The Morgan fingerprint density at radius 2 is 1.97 bits per heavy atom. The molecule has 0 saturated heterocycles. The van der Waals surface area contributed by atoms with Crippen LogP contribution in [0.15, 0.2) is 41.5 Å². The molecule has 1 amide bonds. The number of esters is 1. The Labute approximate surface area is 171 Å². The number of thiophene rings is 1. The van der Waals surface area contributed by atoms with Crippen molar-refractivity contribution in [3.8, 4) is 5.75 Å². The standard InChI is InChI=1S/C20H21N3O5S/c1-13-14(2)29-19-18(13)20(26)23(12-22-19)10-17(25)28-11-16(24)21-8-9-27-15-6-4-3-5-7-15/h3-7,12H,8-11H2,1-2H3,(H,21,24). The lowest BCUT2D eigenvalue weighted by atomic mass is 10.2. The average molecular weight is 415 g/mol. The van der Waals surface area contributed by atoms with Crippen LogP contribution in [0, 0.1) is 13.8 Å². The third kappa shape index (κ3) is 5.20. The molecule has 0 aliphatic carbocycles. The van der Waals surface area contributed by atoms with Crippen molar-refractivity contribution in [2.45, 2.75) is 20.4 Å². The van der Waals surface area contributed by atoms with Crippen LogP contribution < -0.4 is 15.6 Å². The maximum absolute atomic E-state index is 12.6. The van der Waals surface area contributed by atoms with Crippen molar-refractivity contribution in [2.75, 3.05) is 19.8 Å². The number of ether oxygens (including phenoxy) is 2. The van der Waals surface area contributed by atoms with Gasteiger partial charge in [0.25, 0.3) is 11.5 Å². The Bertz CT molecular complexity index is 1070. The molecule has 152 valence electrons. The van der Waals surface area contributed by atoms with Crippen LogP contribution in [0.25, 0.3) is 10.2 Å². The number of amides is 1. The summed E-state index contributed by atoms with van der Waals surface area (Å²) < 4.78 is 11.6. The minimum atomic E-state index is -0.687. The molecule has 2 aromatic heterocycles. The third-order valence-electron chi connectivity index (χ3n) is 4.26. The van der Waals surface area contributed by atoms with Gasteiger partial charge in [-0.05, 0) is 31.5 Å². The van der Waals surface area contributed by atoms with Crippen LogP contribution in [0.2, 0.25) is 0 Å². The van der Waals surface area contributed by atoms with E-state index in [1.807, 2.05) is 44.2 Å². The van der Waals surface area contributed by atoms with Crippen LogP contribution in [0.4, 0.5) is 0 Å². The van der Waals surface area contributed by atoms with E-state index in [0.717, 1.165) is 10.4 Å². The van der Waals surface area contributed by atoms with E-state index in [1.54, 1.807) is 0 Å². The minimum absolute atomic E-state index is 0.280. The zero-order valence-corrected chi connectivity index (χ0v) is 17.0. The second kappa shape index (κ2) is 9.33. The number of hydrogen-bond acceptors (Lipinski definition) is 7. The summed E-state index contributed by atoms with van der Waals surface area (Å²) in [4.78, 5) is 42.2. The van der Waals surface area contributed by atoms with Gasteiger partial charge in [-0.15, -0.1) is 11.3 Å². The number of benzene rings is 1. The molecule has 0 unspecified atom stereocenters. The van der Waals surface area contributed by atoms with E-state index in [-0.39, 0.29) is 18.6 Å². The quantitative estimate of drug-likeness (QED) is 0.445. The van der Waals surface area contributed by atoms with E-state index < -0.39 is 18.5 Å². The number of nitrogens with zero attached hydrogens (tertiary/aromatic N) is 2. The SMILES string of the molecule is Cc1sc2ncn(CC(=O)OCC(=O)NCCOc3ccccc3)c(=O)c2c1C. The molecule has 2 heterocycles. The van der Waals surface area contributed by atoms with Crippen molar-refractivity contribution >= 4 is 33.4 Å². The van der Waals surface area contributed by atoms with E-state index >= 15 is 0 Å². The average Bonchev–Trinajstić information content (AvgIpc) is 3.01. The molecule has 0 saturated carbocycles. The van der Waals surface area contributed by atoms with Gasteiger partial charge in [-0.25, -0.2) is 4.98 Å². The van der Waals surface area contributed by atoms with Gasteiger partial charge in [-0.3, -0.25) is 19.0 Å². The number of nitrogens with one attached hydrogen (secondary N) is 1. The number of carbonyl (C=O) groups is 2. The van der Waals surface area contributed by atoms with Crippen molar-refractivity contribution in [3.05, 3.63) is 57.5 Å². The first-order chi connectivity index (χ1) is 14.0. The van der Waals surface area contributed by atoms with Crippen molar-refractivity contribution in [1.29, 1.82) is 0 Å². The van der Waals surface area contributed by atoms with Crippen molar-refractivity contribution in [3.63, 3.8) is 0 Å². The molecule has 1 N–H and O–H groups in total. The van der Waals surface area contributed by atoms with Crippen LogP contribution >= 0.6 is 11.3 Å². The van der Waals surface area contributed by atoms with Gasteiger partial charge in [-0.2, -0.15) is 0 Å². The second-order valence-electron chi connectivity index (χ2n) is 6.31. The molecule has 0 aliphatic rings. The number of fused-ring (bicyclic) bond motifs is 1. The zero-order chi connectivity index (χ0) is 20.8.